The lowest BCUT2D eigenvalue weighted by Gasteiger charge is -2.12. The molecule has 1 rings (SSSR count). The predicted molar refractivity (Wildman–Crippen MR) is 54.2 cm³/mol. The van der Waals surface area contributed by atoms with Crippen molar-refractivity contribution < 1.29 is 9.59 Å². The summed E-state index contributed by atoms with van der Waals surface area (Å²) < 4.78 is 0. The second-order valence-corrected chi connectivity index (χ2v) is 3.00. The summed E-state index contributed by atoms with van der Waals surface area (Å²) in [5.74, 6) is -0.324. The number of carbonyl (C=O) groups excluding carboxylic acids is 2. The molecular weight excluding hydrogens is 178 g/mol. The lowest BCUT2D eigenvalue weighted by molar-refractivity contribution is -0.135. The van der Waals surface area contributed by atoms with Crippen molar-refractivity contribution in [3.05, 3.63) is 36.6 Å². The molecule has 0 aromatic carbocycles. The fraction of sp³-hybridized carbons (Fsp3) is 0.273. The molecule has 0 aromatic heterocycles. The minimum Gasteiger partial charge on any atom is -0.274 e. The number of hydrogen-bond acceptors (Lipinski definition) is 2. The minimum atomic E-state index is -0.162. The Balaban J connectivity index is 2.69. The molecule has 0 aliphatic carbocycles. The summed E-state index contributed by atoms with van der Waals surface area (Å²) in [6.45, 7) is 5.56. The van der Waals surface area contributed by atoms with Gasteiger partial charge in [-0.25, -0.2) is 0 Å². The van der Waals surface area contributed by atoms with E-state index in [1.807, 2.05) is 19.1 Å². The number of amides is 2. The molecule has 3 heteroatoms. The molecule has 0 saturated carbocycles. The molecule has 3 nitrogen and oxygen atoms in total. The average molecular weight is 191 g/mol. The van der Waals surface area contributed by atoms with Crippen LogP contribution in [0, 0.1) is 0 Å². The first-order valence-corrected chi connectivity index (χ1v) is 4.51. The molecule has 1 fully saturated rings. The van der Waals surface area contributed by atoms with Crippen LogP contribution in [0.5, 0.6) is 0 Å². The monoisotopic (exact) mass is 191 g/mol. The second kappa shape index (κ2) is 4.56. The summed E-state index contributed by atoms with van der Waals surface area (Å²) in [6.07, 6.45) is 7.68. The van der Waals surface area contributed by atoms with Gasteiger partial charge in [-0.2, -0.15) is 0 Å². The third-order valence-electron chi connectivity index (χ3n) is 1.93. The quantitative estimate of drug-likeness (QED) is 0.503. The van der Waals surface area contributed by atoms with Gasteiger partial charge in [-0.1, -0.05) is 24.8 Å². The largest absolute Gasteiger partial charge is 0.274 e. The van der Waals surface area contributed by atoms with Gasteiger partial charge in [-0.3, -0.25) is 14.5 Å². The molecule has 0 spiro atoms. The minimum absolute atomic E-state index is 0.162. The maximum atomic E-state index is 11.3. The molecule has 14 heavy (non-hydrogen) atoms. The fourth-order valence-corrected chi connectivity index (χ4v) is 1.25. The first-order chi connectivity index (χ1) is 6.66. The second-order valence-electron chi connectivity index (χ2n) is 3.00. The highest BCUT2D eigenvalue weighted by molar-refractivity contribution is 6.04. The zero-order valence-corrected chi connectivity index (χ0v) is 8.19. The molecule has 0 radical (unpaired) electrons. The van der Waals surface area contributed by atoms with Crippen molar-refractivity contribution in [2.75, 3.05) is 0 Å². The van der Waals surface area contributed by atoms with Crippen molar-refractivity contribution in [2.45, 2.75) is 19.8 Å². The molecule has 0 aromatic rings. The maximum absolute atomic E-state index is 11.3. The van der Waals surface area contributed by atoms with Gasteiger partial charge in [0.05, 0.1) is 0 Å². The van der Waals surface area contributed by atoms with Crippen molar-refractivity contribution in [1.29, 1.82) is 0 Å². The van der Waals surface area contributed by atoms with Crippen LogP contribution in [0.3, 0.4) is 0 Å². The summed E-state index contributed by atoms with van der Waals surface area (Å²) in [6, 6.07) is 0. The number of allylic oxidation sites excluding steroid dienone is 4. The van der Waals surface area contributed by atoms with Gasteiger partial charge in [0.15, 0.2) is 0 Å². The highest BCUT2D eigenvalue weighted by atomic mass is 16.2. The van der Waals surface area contributed by atoms with E-state index in [-0.39, 0.29) is 11.8 Å². The molecule has 0 unspecified atom stereocenters. The number of imide groups is 1. The predicted octanol–water partition coefficient (Wildman–Crippen LogP) is 1.78. The molecule has 1 aliphatic heterocycles. The molecule has 0 N–H and O–H groups in total. The highest BCUT2D eigenvalue weighted by Gasteiger charge is 2.29. The van der Waals surface area contributed by atoms with Crippen molar-refractivity contribution in [3.8, 4) is 0 Å². The van der Waals surface area contributed by atoms with Gasteiger partial charge in [-0.15, -0.1) is 0 Å². The first kappa shape index (κ1) is 10.4. The molecule has 0 atom stereocenters. The van der Waals surface area contributed by atoms with Gasteiger partial charge in [0.25, 0.3) is 0 Å². The molecule has 2 amide bonds. The SMILES string of the molecule is C=C(/C=C\C=C/C)N1C(=O)CCC1=O. The van der Waals surface area contributed by atoms with E-state index < -0.39 is 0 Å². The first-order valence-electron chi connectivity index (χ1n) is 4.51. The number of likely N-dealkylation sites (tertiary alicyclic amines) is 1. The molecular formula is C11H13NO2. The maximum Gasteiger partial charge on any atom is 0.234 e. The van der Waals surface area contributed by atoms with Crippen LogP contribution in [0.25, 0.3) is 0 Å². The molecule has 74 valence electrons. The van der Waals surface area contributed by atoms with E-state index in [9.17, 15) is 9.59 Å². The van der Waals surface area contributed by atoms with E-state index >= 15 is 0 Å². The van der Waals surface area contributed by atoms with E-state index in [0.29, 0.717) is 18.5 Å². The average Bonchev–Trinajstić information content (AvgIpc) is 2.46. The normalized spacial score (nSPS) is 17.6. The molecule has 1 aliphatic rings. The van der Waals surface area contributed by atoms with Crippen LogP contribution < -0.4 is 0 Å². The lowest BCUT2D eigenvalue weighted by Crippen LogP contribution is -2.26. The Morgan fingerprint density at radius 1 is 1.29 bits per heavy atom. The van der Waals surface area contributed by atoms with Crippen LogP contribution in [0.2, 0.25) is 0 Å². The van der Waals surface area contributed by atoms with Gasteiger partial charge in [-0.05, 0) is 13.0 Å². The molecule has 1 heterocycles. The van der Waals surface area contributed by atoms with E-state index in [2.05, 4.69) is 6.58 Å². The summed E-state index contributed by atoms with van der Waals surface area (Å²) in [5, 5.41) is 0. The molecule has 1 saturated heterocycles. The van der Waals surface area contributed by atoms with E-state index in [1.54, 1.807) is 12.2 Å². The van der Waals surface area contributed by atoms with Gasteiger partial charge in [0, 0.05) is 18.5 Å². The van der Waals surface area contributed by atoms with Crippen molar-refractivity contribution in [3.63, 3.8) is 0 Å². The lowest BCUT2D eigenvalue weighted by atomic mass is 10.3. The number of nitrogens with zero attached hydrogens (tertiary/aromatic N) is 1. The van der Waals surface area contributed by atoms with Crippen molar-refractivity contribution >= 4 is 11.8 Å². The zero-order chi connectivity index (χ0) is 10.6. The van der Waals surface area contributed by atoms with E-state index in [4.69, 9.17) is 0 Å². The van der Waals surface area contributed by atoms with Crippen LogP contribution >= 0.6 is 0 Å². The van der Waals surface area contributed by atoms with Gasteiger partial charge < -0.3 is 0 Å². The fourth-order valence-electron chi connectivity index (χ4n) is 1.25. The Labute approximate surface area is 83.4 Å². The van der Waals surface area contributed by atoms with E-state index in [0.717, 1.165) is 4.90 Å². The standard InChI is InChI=1S/C11H13NO2/c1-3-4-5-6-9(2)12-10(13)7-8-11(12)14/h3-6H,2,7-8H2,1H3/b4-3-,6-5-. The van der Waals surface area contributed by atoms with Crippen LogP contribution in [-0.4, -0.2) is 16.7 Å². The Bertz CT molecular complexity index is 310. The third-order valence-corrected chi connectivity index (χ3v) is 1.93. The van der Waals surface area contributed by atoms with Crippen LogP contribution in [0.4, 0.5) is 0 Å². The number of rotatable bonds is 3. The van der Waals surface area contributed by atoms with Crippen molar-refractivity contribution in [2.24, 2.45) is 0 Å². The number of carbonyl (C=O) groups is 2. The Morgan fingerprint density at radius 3 is 2.36 bits per heavy atom. The van der Waals surface area contributed by atoms with Gasteiger partial charge in [0.1, 0.15) is 0 Å². The van der Waals surface area contributed by atoms with E-state index in [1.165, 1.54) is 0 Å². The van der Waals surface area contributed by atoms with Crippen LogP contribution in [0.15, 0.2) is 36.6 Å². The molecule has 0 bridgehead atoms. The Morgan fingerprint density at radius 2 is 1.86 bits per heavy atom. The summed E-state index contributed by atoms with van der Waals surface area (Å²) >= 11 is 0. The Kier molecular flexibility index (Phi) is 3.40. The van der Waals surface area contributed by atoms with Crippen molar-refractivity contribution in [1.82, 2.24) is 4.90 Å². The zero-order valence-electron chi connectivity index (χ0n) is 8.19. The topological polar surface area (TPSA) is 37.4 Å². The smallest absolute Gasteiger partial charge is 0.234 e. The van der Waals surface area contributed by atoms with Gasteiger partial charge in [0.2, 0.25) is 11.8 Å². The van der Waals surface area contributed by atoms with Gasteiger partial charge >= 0.3 is 0 Å². The summed E-state index contributed by atoms with van der Waals surface area (Å²) in [5.41, 5.74) is 0.440. The number of hydrogen-bond donors (Lipinski definition) is 0. The summed E-state index contributed by atoms with van der Waals surface area (Å²) in [7, 11) is 0. The Hall–Kier alpha value is -1.64. The van der Waals surface area contributed by atoms with Crippen LogP contribution in [0.1, 0.15) is 19.8 Å². The highest BCUT2D eigenvalue weighted by Crippen LogP contribution is 2.17. The van der Waals surface area contributed by atoms with Crippen LogP contribution in [-0.2, 0) is 9.59 Å². The summed E-state index contributed by atoms with van der Waals surface area (Å²) in [4.78, 5) is 23.6. The third kappa shape index (κ3) is 2.19.